The molecule has 2 N–H and O–H groups in total. The van der Waals surface area contributed by atoms with E-state index in [-0.39, 0.29) is 29.9 Å². The largest absolute Gasteiger partial charge is 0.487 e. The van der Waals surface area contributed by atoms with E-state index in [0.29, 0.717) is 17.0 Å². The number of rotatable bonds is 5. The molecule has 0 aliphatic carbocycles. The van der Waals surface area contributed by atoms with Crippen LogP contribution in [0.3, 0.4) is 0 Å². The SMILES string of the molecule is Cn1ncc(-c2nc(-c3cnc(N)cn3)no2)c1COc1ccc(C(F)(F)F)cc1. The Labute approximate surface area is 167 Å². The maximum atomic E-state index is 12.7. The van der Waals surface area contributed by atoms with Gasteiger partial charge in [-0.15, -0.1) is 0 Å². The molecule has 4 aromatic rings. The molecule has 0 saturated heterocycles. The molecule has 0 bridgehead atoms. The van der Waals surface area contributed by atoms with Crippen LogP contribution in [0.15, 0.2) is 47.4 Å². The van der Waals surface area contributed by atoms with Crippen LogP contribution in [0, 0.1) is 0 Å². The summed E-state index contributed by atoms with van der Waals surface area (Å²) in [6, 6.07) is 4.42. The highest BCUT2D eigenvalue weighted by Crippen LogP contribution is 2.31. The predicted molar refractivity (Wildman–Crippen MR) is 97.7 cm³/mol. The van der Waals surface area contributed by atoms with E-state index in [1.165, 1.54) is 30.7 Å². The molecule has 3 heterocycles. The van der Waals surface area contributed by atoms with E-state index in [0.717, 1.165) is 12.1 Å². The molecule has 0 radical (unpaired) electrons. The fraction of sp³-hybridized carbons (Fsp3) is 0.167. The number of alkyl halides is 3. The zero-order valence-electron chi connectivity index (χ0n) is 15.5. The number of anilines is 1. The first-order valence-corrected chi connectivity index (χ1v) is 8.54. The Morgan fingerprint density at radius 1 is 1.10 bits per heavy atom. The standard InChI is InChI=1S/C18H14F3N7O2/c1-28-14(9-29-11-4-2-10(3-5-11)18(19,20)21)12(6-25-28)17-26-16(27-30-17)13-7-24-15(22)8-23-13/h2-8H,9H2,1H3,(H2,22,24). The van der Waals surface area contributed by atoms with Gasteiger partial charge in [0.1, 0.15) is 23.9 Å². The van der Waals surface area contributed by atoms with E-state index in [4.69, 9.17) is 15.0 Å². The number of nitrogen functional groups attached to an aromatic ring is 1. The summed E-state index contributed by atoms with van der Waals surface area (Å²) in [5, 5.41) is 8.04. The van der Waals surface area contributed by atoms with Crippen LogP contribution in [0.5, 0.6) is 5.75 Å². The molecule has 30 heavy (non-hydrogen) atoms. The third-order valence-electron chi connectivity index (χ3n) is 4.18. The van der Waals surface area contributed by atoms with Crippen LogP contribution in [0.4, 0.5) is 19.0 Å². The van der Waals surface area contributed by atoms with Gasteiger partial charge in [-0.1, -0.05) is 5.16 Å². The summed E-state index contributed by atoms with van der Waals surface area (Å²) in [4.78, 5) is 12.3. The van der Waals surface area contributed by atoms with Crippen molar-refractivity contribution in [3.05, 3.63) is 54.1 Å². The van der Waals surface area contributed by atoms with Crippen LogP contribution in [-0.4, -0.2) is 29.9 Å². The minimum Gasteiger partial charge on any atom is -0.487 e. The minimum absolute atomic E-state index is 0.0244. The van der Waals surface area contributed by atoms with Gasteiger partial charge in [-0.25, -0.2) is 9.97 Å². The van der Waals surface area contributed by atoms with Crippen LogP contribution in [0.1, 0.15) is 11.3 Å². The molecule has 0 unspecified atom stereocenters. The average Bonchev–Trinajstić information content (AvgIpc) is 3.33. The Balaban J connectivity index is 1.53. The number of benzene rings is 1. The highest BCUT2D eigenvalue weighted by molar-refractivity contribution is 5.59. The molecule has 3 aromatic heterocycles. The third-order valence-corrected chi connectivity index (χ3v) is 4.18. The van der Waals surface area contributed by atoms with E-state index < -0.39 is 11.7 Å². The Hall–Kier alpha value is -3.96. The monoisotopic (exact) mass is 417 g/mol. The van der Waals surface area contributed by atoms with E-state index in [2.05, 4.69) is 25.2 Å². The van der Waals surface area contributed by atoms with Gasteiger partial charge in [-0.3, -0.25) is 4.68 Å². The first-order valence-electron chi connectivity index (χ1n) is 8.54. The zero-order chi connectivity index (χ0) is 21.3. The molecule has 4 rings (SSSR count). The van der Waals surface area contributed by atoms with Crippen molar-refractivity contribution in [3.63, 3.8) is 0 Å². The van der Waals surface area contributed by atoms with E-state index in [1.807, 2.05) is 0 Å². The van der Waals surface area contributed by atoms with Crippen LogP contribution < -0.4 is 10.5 Å². The summed E-state index contributed by atoms with van der Waals surface area (Å²) >= 11 is 0. The molecule has 0 atom stereocenters. The lowest BCUT2D eigenvalue weighted by Gasteiger charge is -2.10. The summed E-state index contributed by atoms with van der Waals surface area (Å²) in [5.41, 5.74) is 6.26. The molecule has 0 saturated carbocycles. The maximum Gasteiger partial charge on any atom is 0.416 e. The fourth-order valence-electron chi connectivity index (χ4n) is 2.59. The number of halogens is 3. The molecule has 9 nitrogen and oxygen atoms in total. The highest BCUT2D eigenvalue weighted by Gasteiger charge is 2.30. The Kier molecular flexibility index (Phi) is 4.82. The number of nitrogens with zero attached hydrogens (tertiary/aromatic N) is 6. The van der Waals surface area contributed by atoms with Gasteiger partial charge in [-0.05, 0) is 24.3 Å². The summed E-state index contributed by atoms with van der Waals surface area (Å²) in [5.74, 6) is 0.939. The molecule has 0 spiro atoms. The lowest BCUT2D eigenvalue weighted by molar-refractivity contribution is -0.137. The number of ether oxygens (including phenoxy) is 1. The molecular formula is C18H14F3N7O2. The third kappa shape index (κ3) is 3.92. The zero-order valence-corrected chi connectivity index (χ0v) is 15.5. The fourth-order valence-corrected chi connectivity index (χ4v) is 2.59. The Morgan fingerprint density at radius 3 is 2.53 bits per heavy atom. The normalized spacial score (nSPS) is 11.6. The maximum absolute atomic E-state index is 12.7. The van der Waals surface area contributed by atoms with Crippen molar-refractivity contribution >= 4 is 5.82 Å². The van der Waals surface area contributed by atoms with E-state index >= 15 is 0 Å². The van der Waals surface area contributed by atoms with Gasteiger partial charge in [0.25, 0.3) is 5.89 Å². The number of hydrogen-bond acceptors (Lipinski definition) is 8. The number of aromatic nitrogens is 6. The molecular weight excluding hydrogens is 403 g/mol. The van der Waals surface area contributed by atoms with Gasteiger partial charge in [-0.2, -0.15) is 23.3 Å². The van der Waals surface area contributed by atoms with Crippen molar-refractivity contribution in [2.45, 2.75) is 12.8 Å². The van der Waals surface area contributed by atoms with Gasteiger partial charge < -0.3 is 15.0 Å². The number of hydrogen-bond donors (Lipinski definition) is 1. The topological polar surface area (TPSA) is 118 Å². The van der Waals surface area contributed by atoms with Crippen molar-refractivity contribution in [2.75, 3.05) is 5.73 Å². The molecule has 0 amide bonds. The van der Waals surface area contributed by atoms with Crippen LogP contribution in [-0.2, 0) is 19.8 Å². The lowest BCUT2D eigenvalue weighted by Crippen LogP contribution is -2.06. The number of nitrogens with two attached hydrogens (primary N) is 1. The van der Waals surface area contributed by atoms with Crippen LogP contribution in [0.25, 0.3) is 23.0 Å². The second-order valence-corrected chi connectivity index (χ2v) is 6.19. The average molecular weight is 417 g/mol. The minimum atomic E-state index is -4.40. The van der Waals surface area contributed by atoms with Gasteiger partial charge in [0.05, 0.1) is 35.4 Å². The van der Waals surface area contributed by atoms with Gasteiger partial charge >= 0.3 is 6.18 Å². The van der Waals surface area contributed by atoms with Crippen molar-refractivity contribution in [3.8, 4) is 28.7 Å². The van der Waals surface area contributed by atoms with Crippen molar-refractivity contribution in [2.24, 2.45) is 7.05 Å². The van der Waals surface area contributed by atoms with Gasteiger partial charge in [0, 0.05) is 7.05 Å². The quantitative estimate of drug-likeness (QED) is 0.526. The first kappa shape index (κ1) is 19.4. The summed E-state index contributed by atoms with van der Waals surface area (Å²) in [6.07, 6.45) is -0.0870. The van der Waals surface area contributed by atoms with E-state index in [9.17, 15) is 13.2 Å². The second-order valence-electron chi connectivity index (χ2n) is 6.19. The molecule has 0 aliphatic rings. The molecule has 0 fully saturated rings. The smallest absolute Gasteiger partial charge is 0.416 e. The summed E-state index contributed by atoms with van der Waals surface area (Å²) < 4.78 is 50.5. The molecule has 1 aromatic carbocycles. The summed E-state index contributed by atoms with van der Waals surface area (Å²) in [7, 11) is 1.69. The Bertz CT molecular complexity index is 1150. The van der Waals surface area contributed by atoms with Gasteiger partial charge in [0.15, 0.2) is 0 Å². The van der Waals surface area contributed by atoms with E-state index in [1.54, 1.807) is 11.7 Å². The van der Waals surface area contributed by atoms with Crippen molar-refractivity contribution in [1.29, 1.82) is 0 Å². The lowest BCUT2D eigenvalue weighted by atomic mass is 10.2. The molecule has 154 valence electrons. The highest BCUT2D eigenvalue weighted by atomic mass is 19.4. The molecule has 0 aliphatic heterocycles. The van der Waals surface area contributed by atoms with Gasteiger partial charge in [0.2, 0.25) is 5.82 Å². The number of aryl methyl sites for hydroxylation is 1. The first-order chi connectivity index (χ1) is 14.3. The Morgan fingerprint density at radius 2 is 1.87 bits per heavy atom. The molecule has 12 heteroatoms. The summed E-state index contributed by atoms with van der Waals surface area (Å²) in [6.45, 7) is 0.0244. The van der Waals surface area contributed by atoms with Crippen molar-refractivity contribution in [1.82, 2.24) is 29.9 Å². The van der Waals surface area contributed by atoms with Crippen LogP contribution in [0.2, 0.25) is 0 Å². The second kappa shape index (κ2) is 7.46. The predicted octanol–water partition coefficient (Wildman–Crippen LogP) is 3.11. The van der Waals surface area contributed by atoms with Crippen molar-refractivity contribution < 1.29 is 22.4 Å². The van der Waals surface area contributed by atoms with Crippen LogP contribution >= 0.6 is 0 Å².